The van der Waals surface area contributed by atoms with Gasteiger partial charge in [0.1, 0.15) is 5.15 Å². The molecule has 0 saturated heterocycles. The van der Waals surface area contributed by atoms with E-state index in [0.29, 0.717) is 5.56 Å². The molecule has 2 atom stereocenters. The summed E-state index contributed by atoms with van der Waals surface area (Å²) in [6.07, 6.45) is 10.1. The monoisotopic (exact) mass is 368 g/mol. The van der Waals surface area contributed by atoms with E-state index in [4.69, 9.17) is 11.6 Å². The minimum absolute atomic E-state index is 0.0850. The molecule has 0 bridgehead atoms. The average molecular weight is 370 g/mol. The Bertz CT molecular complexity index is 646. The minimum Gasteiger partial charge on any atom is -0.347 e. The third-order valence-corrected chi connectivity index (χ3v) is 4.49. The summed E-state index contributed by atoms with van der Waals surface area (Å²) in [4.78, 5) is 20.5. The highest BCUT2D eigenvalue weighted by Crippen LogP contribution is 2.30. The standard InChI is InChI=1S/C14H14BrClN4O/c15-9-6-10(13(16)18-7-9)14(21)19-11-2-1-3-12(11)20-5-4-17-8-20/h4-8,11-12H,1-3H2,(H,19,21). The maximum atomic E-state index is 12.4. The molecule has 0 radical (unpaired) electrons. The van der Waals surface area contributed by atoms with Crippen LogP contribution in [-0.4, -0.2) is 26.5 Å². The number of hydrogen-bond donors (Lipinski definition) is 1. The molecule has 0 spiro atoms. The van der Waals surface area contributed by atoms with Gasteiger partial charge in [0.05, 0.1) is 17.9 Å². The van der Waals surface area contributed by atoms with Crippen LogP contribution >= 0.6 is 27.5 Å². The van der Waals surface area contributed by atoms with Gasteiger partial charge in [-0.15, -0.1) is 0 Å². The first kappa shape index (κ1) is 14.5. The van der Waals surface area contributed by atoms with Crippen LogP contribution in [0.1, 0.15) is 35.7 Å². The lowest BCUT2D eigenvalue weighted by Gasteiger charge is -2.22. The predicted octanol–water partition coefficient (Wildman–Crippen LogP) is 3.22. The van der Waals surface area contributed by atoms with Crippen molar-refractivity contribution in [3.05, 3.63) is 46.2 Å². The second-order valence-electron chi connectivity index (χ2n) is 5.08. The maximum Gasteiger partial charge on any atom is 0.254 e. The Balaban J connectivity index is 1.76. The summed E-state index contributed by atoms with van der Waals surface area (Å²) < 4.78 is 2.79. The topological polar surface area (TPSA) is 59.8 Å². The summed E-state index contributed by atoms with van der Waals surface area (Å²) in [5.41, 5.74) is 0.391. The summed E-state index contributed by atoms with van der Waals surface area (Å²) in [5.74, 6) is -0.189. The number of aromatic nitrogens is 3. The quantitative estimate of drug-likeness (QED) is 0.845. The van der Waals surface area contributed by atoms with Gasteiger partial charge in [0.15, 0.2) is 0 Å². The summed E-state index contributed by atoms with van der Waals surface area (Å²) in [5, 5.41) is 3.28. The number of rotatable bonds is 3. The number of hydrogen-bond acceptors (Lipinski definition) is 3. The molecule has 2 aromatic heterocycles. The first-order valence-corrected chi connectivity index (χ1v) is 7.91. The highest BCUT2D eigenvalue weighted by molar-refractivity contribution is 9.10. The summed E-state index contributed by atoms with van der Waals surface area (Å²) in [6, 6.07) is 2.02. The molecule has 1 fully saturated rings. The van der Waals surface area contributed by atoms with Crippen LogP contribution in [0.5, 0.6) is 0 Å². The van der Waals surface area contributed by atoms with Crippen molar-refractivity contribution in [3.8, 4) is 0 Å². The third kappa shape index (κ3) is 3.11. The number of nitrogens with zero attached hydrogens (tertiary/aromatic N) is 3. The molecule has 5 nitrogen and oxygen atoms in total. The third-order valence-electron chi connectivity index (χ3n) is 3.75. The van der Waals surface area contributed by atoms with Gasteiger partial charge in [0.2, 0.25) is 0 Å². The van der Waals surface area contributed by atoms with Crippen molar-refractivity contribution >= 4 is 33.4 Å². The molecular formula is C14H14BrClN4O. The highest BCUT2D eigenvalue weighted by Gasteiger charge is 2.30. The van der Waals surface area contributed by atoms with Crippen molar-refractivity contribution in [3.63, 3.8) is 0 Å². The molecule has 21 heavy (non-hydrogen) atoms. The van der Waals surface area contributed by atoms with E-state index in [1.807, 2.05) is 6.20 Å². The summed E-state index contributed by atoms with van der Waals surface area (Å²) >= 11 is 9.31. The van der Waals surface area contributed by atoms with Crippen molar-refractivity contribution in [1.82, 2.24) is 19.9 Å². The Labute approximate surface area is 135 Å². The number of carbonyl (C=O) groups excluding carboxylic acids is 1. The van der Waals surface area contributed by atoms with Crippen molar-refractivity contribution in [2.75, 3.05) is 0 Å². The summed E-state index contributed by atoms with van der Waals surface area (Å²) in [7, 11) is 0. The largest absolute Gasteiger partial charge is 0.347 e. The Hall–Kier alpha value is -1.40. The fourth-order valence-electron chi connectivity index (χ4n) is 2.76. The molecule has 0 aromatic carbocycles. The highest BCUT2D eigenvalue weighted by atomic mass is 79.9. The molecule has 1 saturated carbocycles. The molecule has 110 valence electrons. The normalized spacial score (nSPS) is 21.4. The molecule has 1 N–H and O–H groups in total. The first-order valence-electron chi connectivity index (χ1n) is 6.74. The number of halogens is 2. The van der Waals surface area contributed by atoms with Gasteiger partial charge in [-0.1, -0.05) is 11.6 Å². The zero-order chi connectivity index (χ0) is 14.8. The Kier molecular flexibility index (Phi) is 4.26. The molecule has 1 aliphatic carbocycles. The number of imidazole rings is 1. The lowest BCUT2D eigenvalue weighted by molar-refractivity contribution is 0.0928. The molecular weight excluding hydrogens is 356 g/mol. The van der Waals surface area contributed by atoms with Crippen LogP contribution in [0.25, 0.3) is 0 Å². The van der Waals surface area contributed by atoms with E-state index in [0.717, 1.165) is 23.7 Å². The van der Waals surface area contributed by atoms with E-state index in [-0.39, 0.29) is 23.1 Å². The fraction of sp³-hybridized carbons (Fsp3) is 0.357. The summed E-state index contributed by atoms with van der Waals surface area (Å²) in [6.45, 7) is 0. The molecule has 2 aromatic rings. The van der Waals surface area contributed by atoms with Gasteiger partial charge in [-0.05, 0) is 41.3 Å². The minimum atomic E-state index is -0.189. The zero-order valence-corrected chi connectivity index (χ0v) is 13.5. The number of carbonyl (C=O) groups is 1. The van der Waals surface area contributed by atoms with E-state index < -0.39 is 0 Å². The Morgan fingerprint density at radius 3 is 3.10 bits per heavy atom. The van der Waals surface area contributed by atoms with Crippen LogP contribution in [0.15, 0.2) is 35.5 Å². The van der Waals surface area contributed by atoms with Crippen LogP contribution < -0.4 is 5.32 Å². The number of amides is 1. The van der Waals surface area contributed by atoms with Gasteiger partial charge in [-0.2, -0.15) is 0 Å². The van der Waals surface area contributed by atoms with Gasteiger partial charge < -0.3 is 9.88 Å². The van der Waals surface area contributed by atoms with Gasteiger partial charge in [-0.25, -0.2) is 9.97 Å². The van der Waals surface area contributed by atoms with Crippen LogP contribution in [0, 0.1) is 0 Å². The van der Waals surface area contributed by atoms with Gasteiger partial charge in [0.25, 0.3) is 5.91 Å². The Morgan fingerprint density at radius 2 is 2.33 bits per heavy atom. The predicted molar refractivity (Wildman–Crippen MR) is 83.3 cm³/mol. The van der Waals surface area contributed by atoms with Crippen LogP contribution in [-0.2, 0) is 0 Å². The molecule has 1 aliphatic rings. The number of nitrogens with one attached hydrogen (secondary N) is 1. The SMILES string of the molecule is O=C(NC1CCCC1n1ccnc1)c1cc(Br)cnc1Cl. The molecule has 0 aliphatic heterocycles. The second-order valence-corrected chi connectivity index (χ2v) is 6.35. The smallest absolute Gasteiger partial charge is 0.254 e. The van der Waals surface area contributed by atoms with Crippen molar-refractivity contribution in [2.24, 2.45) is 0 Å². The molecule has 3 rings (SSSR count). The molecule has 7 heteroatoms. The van der Waals surface area contributed by atoms with E-state index >= 15 is 0 Å². The second kappa shape index (κ2) is 6.15. The van der Waals surface area contributed by atoms with Gasteiger partial charge in [-0.3, -0.25) is 4.79 Å². The zero-order valence-electron chi connectivity index (χ0n) is 11.2. The van der Waals surface area contributed by atoms with Gasteiger partial charge >= 0.3 is 0 Å². The van der Waals surface area contributed by atoms with Crippen LogP contribution in [0.4, 0.5) is 0 Å². The van der Waals surface area contributed by atoms with Crippen LogP contribution in [0.2, 0.25) is 5.15 Å². The van der Waals surface area contributed by atoms with E-state index in [1.165, 1.54) is 0 Å². The first-order chi connectivity index (χ1) is 10.1. The Morgan fingerprint density at radius 1 is 1.48 bits per heavy atom. The van der Waals surface area contributed by atoms with Gasteiger partial charge in [0, 0.05) is 29.1 Å². The lowest BCUT2D eigenvalue weighted by atomic mass is 10.1. The number of pyridine rings is 1. The molecule has 2 heterocycles. The van der Waals surface area contributed by atoms with E-state index in [2.05, 4.69) is 35.8 Å². The van der Waals surface area contributed by atoms with E-state index in [1.54, 1.807) is 24.8 Å². The van der Waals surface area contributed by atoms with Crippen LogP contribution in [0.3, 0.4) is 0 Å². The van der Waals surface area contributed by atoms with Crippen molar-refractivity contribution in [2.45, 2.75) is 31.3 Å². The van der Waals surface area contributed by atoms with Crippen molar-refractivity contribution < 1.29 is 4.79 Å². The van der Waals surface area contributed by atoms with Crippen molar-refractivity contribution in [1.29, 1.82) is 0 Å². The fourth-order valence-corrected chi connectivity index (χ4v) is 3.28. The lowest BCUT2D eigenvalue weighted by Crippen LogP contribution is -2.38. The van der Waals surface area contributed by atoms with E-state index in [9.17, 15) is 4.79 Å². The average Bonchev–Trinajstić information content (AvgIpc) is 3.11. The molecule has 1 amide bonds. The maximum absolute atomic E-state index is 12.4. The molecule has 2 unspecified atom stereocenters.